The Bertz CT molecular complexity index is 1190. The summed E-state index contributed by atoms with van der Waals surface area (Å²) in [4.78, 5) is 12.5. The maximum atomic E-state index is 13.3. The first-order valence-corrected chi connectivity index (χ1v) is 11.6. The Morgan fingerprint density at radius 2 is 1.78 bits per heavy atom. The van der Waals surface area contributed by atoms with Gasteiger partial charge in [0.2, 0.25) is 0 Å². The Hall–Kier alpha value is -3.23. The van der Waals surface area contributed by atoms with Crippen molar-refractivity contribution in [2.24, 2.45) is 0 Å². The van der Waals surface area contributed by atoms with Crippen LogP contribution in [0.2, 0.25) is 5.02 Å². The first-order valence-electron chi connectivity index (χ1n) is 9.79. The minimum atomic E-state index is -3.87. The number of hydrogen-bond donors (Lipinski definition) is 1. The normalized spacial score (nSPS) is 11.0. The number of sulfonamides is 1. The highest BCUT2D eigenvalue weighted by atomic mass is 35.5. The number of hydrogen-bond acceptors (Lipinski definition) is 5. The molecule has 0 fully saturated rings. The van der Waals surface area contributed by atoms with Crippen LogP contribution in [0.4, 0.5) is 11.4 Å². The van der Waals surface area contributed by atoms with Crippen LogP contribution in [0, 0.1) is 0 Å². The van der Waals surface area contributed by atoms with E-state index in [0.717, 1.165) is 0 Å². The molecule has 0 aliphatic carbocycles. The molecule has 32 heavy (non-hydrogen) atoms. The largest absolute Gasteiger partial charge is 0.495 e. The van der Waals surface area contributed by atoms with Gasteiger partial charge in [0, 0.05) is 11.6 Å². The summed E-state index contributed by atoms with van der Waals surface area (Å²) >= 11 is 5.91. The Balaban J connectivity index is 1.82. The smallest absolute Gasteiger partial charge is 0.264 e. The molecule has 0 spiro atoms. The number of ether oxygens (including phenoxy) is 2. The molecule has 9 heteroatoms. The number of halogens is 1. The third kappa shape index (κ3) is 5.52. The van der Waals surface area contributed by atoms with Gasteiger partial charge in [-0.15, -0.1) is 0 Å². The van der Waals surface area contributed by atoms with Crippen LogP contribution >= 0.6 is 11.6 Å². The Labute approximate surface area is 192 Å². The average molecular weight is 475 g/mol. The third-order valence-electron chi connectivity index (χ3n) is 4.53. The highest BCUT2D eigenvalue weighted by Gasteiger charge is 2.25. The standard InChI is InChI=1S/C23H23ClN2O5S/c1-3-26(18-9-5-4-6-10-18)32(28,29)20-12-13-22(30-2)21(15-20)25-23(27)16-31-19-11-7-8-17(24)14-19/h4-15H,3,16H2,1-2H3,(H,25,27). The van der Waals surface area contributed by atoms with Crippen molar-refractivity contribution in [3.8, 4) is 11.5 Å². The van der Waals surface area contributed by atoms with Crippen LogP contribution in [-0.2, 0) is 14.8 Å². The molecule has 0 aliphatic rings. The van der Waals surface area contributed by atoms with Crippen LogP contribution < -0.4 is 19.1 Å². The first kappa shape index (κ1) is 23.4. The van der Waals surface area contributed by atoms with Crippen molar-refractivity contribution in [3.05, 3.63) is 77.8 Å². The number of anilines is 2. The summed E-state index contributed by atoms with van der Waals surface area (Å²) in [5, 5.41) is 3.14. The molecule has 0 bridgehead atoms. The maximum Gasteiger partial charge on any atom is 0.264 e. The van der Waals surface area contributed by atoms with Crippen molar-refractivity contribution in [2.45, 2.75) is 11.8 Å². The van der Waals surface area contributed by atoms with Crippen molar-refractivity contribution in [2.75, 3.05) is 29.9 Å². The van der Waals surface area contributed by atoms with E-state index in [1.807, 2.05) is 6.07 Å². The van der Waals surface area contributed by atoms with Gasteiger partial charge in [0.15, 0.2) is 6.61 Å². The molecule has 7 nitrogen and oxygen atoms in total. The van der Waals surface area contributed by atoms with Gasteiger partial charge in [-0.25, -0.2) is 8.42 Å². The fourth-order valence-corrected chi connectivity index (χ4v) is 4.73. The number of carbonyl (C=O) groups is 1. The van der Waals surface area contributed by atoms with E-state index < -0.39 is 15.9 Å². The summed E-state index contributed by atoms with van der Waals surface area (Å²) < 4.78 is 38.6. The number of methoxy groups -OCH3 is 1. The van der Waals surface area contributed by atoms with Crippen LogP contribution in [0.25, 0.3) is 0 Å². The summed E-state index contributed by atoms with van der Waals surface area (Å²) in [5.74, 6) is 0.286. The molecule has 3 aromatic carbocycles. The van der Waals surface area contributed by atoms with E-state index in [1.165, 1.54) is 29.6 Å². The van der Waals surface area contributed by atoms with E-state index in [9.17, 15) is 13.2 Å². The molecule has 0 unspecified atom stereocenters. The Kier molecular flexibility index (Phi) is 7.61. The quantitative estimate of drug-likeness (QED) is 0.490. The fraction of sp³-hybridized carbons (Fsp3) is 0.174. The third-order valence-corrected chi connectivity index (χ3v) is 6.66. The lowest BCUT2D eigenvalue weighted by atomic mass is 10.3. The molecule has 0 radical (unpaired) electrons. The summed E-state index contributed by atoms with van der Waals surface area (Å²) in [6, 6.07) is 19.8. The Morgan fingerprint density at radius 3 is 2.44 bits per heavy atom. The topological polar surface area (TPSA) is 84.9 Å². The van der Waals surface area contributed by atoms with Gasteiger partial charge < -0.3 is 14.8 Å². The summed E-state index contributed by atoms with van der Waals surface area (Å²) in [6.45, 7) is 1.71. The van der Waals surface area contributed by atoms with Crippen LogP contribution in [0.15, 0.2) is 77.7 Å². The number of nitrogens with one attached hydrogen (secondary N) is 1. The van der Waals surface area contributed by atoms with Gasteiger partial charge >= 0.3 is 0 Å². The van der Waals surface area contributed by atoms with Gasteiger partial charge in [-0.3, -0.25) is 9.10 Å². The number of para-hydroxylation sites is 1. The maximum absolute atomic E-state index is 13.3. The second-order valence-electron chi connectivity index (χ2n) is 6.66. The predicted octanol–water partition coefficient (Wildman–Crippen LogP) is 4.58. The monoisotopic (exact) mass is 474 g/mol. The van der Waals surface area contributed by atoms with Crippen LogP contribution in [0.1, 0.15) is 6.92 Å². The van der Waals surface area contributed by atoms with E-state index >= 15 is 0 Å². The predicted molar refractivity (Wildman–Crippen MR) is 125 cm³/mol. The van der Waals surface area contributed by atoms with E-state index in [-0.39, 0.29) is 23.7 Å². The van der Waals surface area contributed by atoms with Crippen LogP contribution in [0.5, 0.6) is 11.5 Å². The zero-order valence-corrected chi connectivity index (χ0v) is 19.2. The minimum Gasteiger partial charge on any atom is -0.495 e. The lowest BCUT2D eigenvalue weighted by molar-refractivity contribution is -0.118. The molecular formula is C23H23ClN2O5S. The van der Waals surface area contributed by atoms with Crippen molar-refractivity contribution >= 4 is 38.9 Å². The number of amides is 1. The number of benzene rings is 3. The highest BCUT2D eigenvalue weighted by Crippen LogP contribution is 2.30. The number of rotatable bonds is 9. The number of nitrogens with zero attached hydrogens (tertiary/aromatic N) is 1. The molecule has 0 saturated heterocycles. The van der Waals surface area contributed by atoms with E-state index in [1.54, 1.807) is 55.5 Å². The summed E-state index contributed by atoms with van der Waals surface area (Å²) in [6.07, 6.45) is 0. The molecule has 0 aromatic heterocycles. The van der Waals surface area contributed by atoms with Gasteiger partial charge in [0.1, 0.15) is 11.5 Å². The highest BCUT2D eigenvalue weighted by molar-refractivity contribution is 7.92. The van der Waals surface area contributed by atoms with Crippen LogP contribution in [0.3, 0.4) is 0 Å². The second kappa shape index (κ2) is 10.4. The second-order valence-corrected chi connectivity index (χ2v) is 8.96. The van der Waals surface area contributed by atoms with Gasteiger partial charge in [-0.2, -0.15) is 0 Å². The molecule has 0 saturated carbocycles. The lowest BCUT2D eigenvalue weighted by Gasteiger charge is -2.23. The molecule has 0 atom stereocenters. The fourth-order valence-electron chi connectivity index (χ4n) is 3.05. The van der Waals surface area contributed by atoms with Gasteiger partial charge in [-0.05, 0) is 55.5 Å². The Morgan fingerprint density at radius 1 is 1.03 bits per heavy atom. The average Bonchev–Trinajstić information content (AvgIpc) is 2.79. The molecular weight excluding hydrogens is 452 g/mol. The van der Waals surface area contributed by atoms with E-state index in [4.69, 9.17) is 21.1 Å². The first-order chi connectivity index (χ1) is 15.3. The zero-order chi connectivity index (χ0) is 23.1. The molecule has 3 aromatic rings. The van der Waals surface area contributed by atoms with Crippen molar-refractivity contribution < 1.29 is 22.7 Å². The van der Waals surface area contributed by atoms with Crippen molar-refractivity contribution in [1.29, 1.82) is 0 Å². The SMILES string of the molecule is CCN(c1ccccc1)S(=O)(=O)c1ccc(OC)c(NC(=O)COc2cccc(Cl)c2)c1. The zero-order valence-electron chi connectivity index (χ0n) is 17.6. The van der Waals surface area contributed by atoms with Crippen LogP contribution in [-0.4, -0.2) is 34.6 Å². The van der Waals surface area contributed by atoms with E-state index in [0.29, 0.717) is 22.2 Å². The molecule has 1 N–H and O–H groups in total. The van der Waals surface area contributed by atoms with Crippen molar-refractivity contribution in [3.63, 3.8) is 0 Å². The van der Waals surface area contributed by atoms with Gasteiger partial charge in [-0.1, -0.05) is 35.9 Å². The minimum absolute atomic E-state index is 0.0232. The molecule has 1 amide bonds. The summed E-state index contributed by atoms with van der Waals surface area (Å²) in [7, 11) is -2.43. The summed E-state index contributed by atoms with van der Waals surface area (Å²) in [5.41, 5.74) is 0.767. The molecule has 0 heterocycles. The molecule has 168 valence electrons. The molecule has 0 aliphatic heterocycles. The van der Waals surface area contributed by atoms with E-state index in [2.05, 4.69) is 5.32 Å². The molecule has 3 rings (SSSR count). The number of carbonyl (C=O) groups excluding carboxylic acids is 1. The lowest BCUT2D eigenvalue weighted by Crippen LogP contribution is -2.30. The van der Waals surface area contributed by atoms with Gasteiger partial charge in [0.25, 0.3) is 15.9 Å². The van der Waals surface area contributed by atoms with Crippen molar-refractivity contribution in [1.82, 2.24) is 0 Å². The van der Waals surface area contributed by atoms with Gasteiger partial charge in [0.05, 0.1) is 23.4 Å².